The van der Waals surface area contributed by atoms with Crippen LogP contribution in [-0.4, -0.2) is 19.7 Å². The molecule has 0 heterocycles. The Morgan fingerprint density at radius 2 is 2.31 bits per heavy atom. The molecule has 0 saturated heterocycles. The summed E-state index contributed by atoms with van der Waals surface area (Å²) >= 11 is 0. The van der Waals surface area contributed by atoms with Gasteiger partial charge in [0.05, 0.1) is 0 Å². The molecule has 0 unspecified atom stereocenters. The topological polar surface area (TPSA) is 38.3 Å². The van der Waals surface area contributed by atoms with E-state index in [2.05, 4.69) is 11.9 Å². The van der Waals surface area contributed by atoms with Crippen LogP contribution in [0.15, 0.2) is 36.5 Å². The average Bonchev–Trinajstić information content (AvgIpc) is 2.14. The van der Waals surface area contributed by atoms with E-state index in [1.54, 1.807) is 12.2 Å². The Morgan fingerprint density at radius 1 is 1.62 bits per heavy atom. The van der Waals surface area contributed by atoms with E-state index >= 15 is 0 Å². The molecule has 72 valence electrons. The zero-order valence-corrected chi connectivity index (χ0v) is 8.04. The summed E-state index contributed by atoms with van der Waals surface area (Å²) in [6.07, 6.45) is 6.76. The van der Waals surface area contributed by atoms with Crippen molar-refractivity contribution in [3.8, 4) is 0 Å². The lowest BCUT2D eigenvalue weighted by Crippen LogP contribution is -2.20. The van der Waals surface area contributed by atoms with E-state index in [0.717, 1.165) is 5.57 Å². The number of hydrogen-bond acceptors (Lipinski definition) is 2. The van der Waals surface area contributed by atoms with Crippen molar-refractivity contribution >= 4 is 6.09 Å². The third kappa shape index (κ3) is 5.73. The van der Waals surface area contributed by atoms with Gasteiger partial charge in [0.25, 0.3) is 0 Å². The second-order valence-corrected chi connectivity index (χ2v) is 2.30. The zero-order chi connectivity index (χ0) is 10.1. The van der Waals surface area contributed by atoms with E-state index in [4.69, 9.17) is 4.74 Å². The monoisotopic (exact) mass is 181 g/mol. The number of alkyl carbamates (subject to hydrolysis) is 1. The Morgan fingerprint density at radius 3 is 2.77 bits per heavy atom. The molecule has 0 bridgehead atoms. The lowest BCUT2D eigenvalue weighted by Gasteiger charge is -2.03. The number of hydrogen-bond donors (Lipinski definition) is 1. The van der Waals surface area contributed by atoms with Gasteiger partial charge in [0.15, 0.2) is 0 Å². The predicted molar refractivity (Wildman–Crippen MR) is 53.5 cm³/mol. The maximum absolute atomic E-state index is 10.7. The van der Waals surface area contributed by atoms with Gasteiger partial charge in [-0.3, -0.25) is 0 Å². The fourth-order valence-corrected chi connectivity index (χ4v) is 0.738. The number of carbonyl (C=O) groups is 1. The number of rotatable bonds is 4. The summed E-state index contributed by atoms with van der Waals surface area (Å²) in [6.45, 7) is 5.72. The predicted octanol–water partition coefficient (Wildman–Crippen LogP) is 2.03. The van der Waals surface area contributed by atoms with Gasteiger partial charge in [-0.05, 0) is 12.5 Å². The molecular weight excluding hydrogens is 166 g/mol. The highest BCUT2D eigenvalue weighted by molar-refractivity contribution is 5.66. The van der Waals surface area contributed by atoms with E-state index < -0.39 is 6.09 Å². The molecule has 1 amide bonds. The number of nitrogens with one attached hydrogen (secondary N) is 1. The molecule has 0 aliphatic carbocycles. The van der Waals surface area contributed by atoms with Gasteiger partial charge in [-0.2, -0.15) is 0 Å². The van der Waals surface area contributed by atoms with Gasteiger partial charge in [0.2, 0.25) is 0 Å². The van der Waals surface area contributed by atoms with Gasteiger partial charge < -0.3 is 10.1 Å². The highest BCUT2D eigenvalue weighted by Crippen LogP contribution is 1.98. The van der Waals surface area contributed by atoms with Crippen molar-refractivity contribution in [1.82, 2.24) is 5.32 Å². The first-order valence-corrected chi connectivity index (χ1v) is 4.03. The minimum absolute atomic E-state index is 0.260. The second kappa shape index (κ2) is 7.16. The third-order valence-corrected chi connectivity index (χ3v) is 1.29. The van der Waals surface area contributed by atoms with Crippen LogP contribution in [0.4, 0.5) is 4.79 Å². The minimum Gasteiger partial charge on any atom is -0.445 e. The summed E-state index contributed by atoms with van der Waals surface area (Å²) in [5.41, 5.74) is 0.904. The molecule has 0 aliphatic rings. The van der Waals surface area contributed by atoms with E-state index in [1.165, 1.54) is 7.05 Å². The van der Waals surface area contributed by atoms with Crippen LogP contribution in [0.2, 0.25) is 0 Å². The van der Waals surface area contributed by atoms with Crippen molar-refractivity contribution in [2.75, 3.05) is 13.7 Å². The van der Waals surface area contributed by atoms with Crippen LogP contribution in [0.5, 0.6) is 0 Å². The minimum atomic E-state index is -0.431. The van der Waals surface area contributed by atoms with Crippen LogP contribution >= 0.6 is 0 Å². The molecule has 0 spiro atoms. The van der Waals surface area contributed by atoms with Crippen LogP contribution in [0.1, 0.15) is 6.92 Å². The molecular formula is C10H15NO2. The quantitative estimate of drug-likeness (QED) is 0.674. The maximum atomic E-state index is 10.7. The van der Waals surface area contributed by atoms with Gasteiger partial charge in [-0.15, -0.1) is 0 Å². The number of carbonyl (C=O) groups excluding carboxylic acids is 1. The summed E-state index contributed by atoms with van der Waals surface area (Å²) in [5.74, 6) is 0. The summed E-state index contributed by atoms with van der Waals surface area (Å²) in [5, 5.41) is 2.37. The van der Waals surface area contributed by atoms with Gasteiger partial charge in [0, 0.05) is 7.05 Å². The Balaban J connectivity index is 4.04. The average molecular weight is 181 g/mol. The van der Waals surface area contributed by atoms with Crippen molar-refractivity contribution in [2.45, 2.75) is 6.92 Å². The van der Waals surface area contributed by atoms with Crippen LogP contribution < -0.4 is 5.32 Å². The third-order valence-electron chi connectivity index (χ3n) is 1.29. The lowest BCUT2D eigenvalue weighted by molar-refractivity contribution is 0.159. The summed E-state index contributed by atoms with van der Waals surface area (Å²) in [4.78, 5) is 10.7. The molecule has 0 aromatic heterocycles. The van der Waals surface area contributed by atoms with E-state index in [0.29, 0.717) is 0 Å². The summed E-state index contributed by atoms with van der Waals surface area (Å²) in [7, 11) is 1.52. The van der Waals surface area contributed by atoms with Gasteiger partial charge >= 0.3 is 6.09 Å². The standard InChI is InChI=1S/C10H15NO2/c1-4-6-9(7-5-2)8-13-10(12)11-3/h4-7H,1,8H2,2-3H3,(H,11,12)/b7-5-,9-6+. The van der Waals surface area contributed by atoms with Crippen LogP contribution in [0.3, 0.4) is 0 Å². The molecule has 0 fully saturated rings. The first-order valence-electron chi connectivity index (χ1n) is 4.03. The Hall–Kier alpha value is -1.51. The number of amides is 1. The zero-order valence-electron chi connectivity index (χ0n) is 8.04. The van der Waals surface area contributed by atoms with Crippen molar-refractivity contribution in [2.24, 2.45) is 0 Å². The van der Waals surface area contributed by atoms with Crippen molar-refractivity contribution in [3.05, 3.63) is 36.5 Å². The highest BCUT2D eigenvalue weighted by Gasteiger charge is 1.97. The van der Waals surface area contributed by atoms with Gasteiger partial charge in [0.1, 0.15) is 6.61 Å². The van der Waals surface area contributed by atoms with Crippen LogP contribution in [0.25, 0.3) is 0 Å². The molecule has 0 atom stereocenters. The molecule has 3 nitrogen and oxygen atoms in total. The number of allylic oxidation sites excluding steroid dienone is 3. The first kappa shape index (κ1) is 11.5. The van der Waals surface area contributed by atoms with Crippen molar-refractivity contribution in [3.63, 3.8) is 0 Å². The Kier molecular flexibility index (Phi) is 6.32. The second-order valence-electron chi connectivity index (χ2n) is 2.30. The lowest BCUT2D eigenvalue weighted by atomic mass is 10.2. The molecule has 1 N–H and O–H groups in total. The van der Waals surface area contributed by atoms with Crippen LogP contribution in [-0.2, 0) is 4.74 Å². The van der Waals surface area contributed by atoms with Gasteiger partial charge in [-0.1, -0.05) is 30.9 Å². The first-order chi connectivity index (χ1) is 6.24. The normalized spacial score (nSPS) is 11.4. The largest absolute Gasteiger partial charge is 0.445 e. The van der Waals surface area contributed by atoms with Crippen molar-refractivity contribution < 1.29 is 9.53 Å². The molecule has 0 aromatic carbocycles. The molecule has 0 aliphatic heterocycles. The van der Waals surface area contributed by atoms with Crippen LogP contribution in [0, 0.1) is 0 Å². The SMILES string of the molecule is C=C/C=C(\C=C/C)COC(=O)NC. The molecule has 0 rings (SSSR count). The Labute approximate surface area is 78.8 Å². The van der Waals surface area contributed by atoms with Gasteiger partial charge in [-0.25, -0.2) is 4.79 Å². The molecule has 3 heteroatoms. The molecule has 0 saturated carbocycles. The Bertz CT molecular complexity index is 229. The summed E-state index contributed by atoms with van der Waals surface area (Å²) < 4.78 is 4.84. The molecule has 13 heavy (non-hydrogen) atoms. The molecule has 0 radical (unpaired) electrons. The smallest absolute Gasteiger partial charge is 0.407 e. The van der Waals surface area contributed by atoms with E-state index in [9.17, 15) is 4.79 Å². The highest BCUT2D eigenvalue weighted by atomic mass is 16.5. The molecule has 0 aromatic rings. The number of ether oxygens (including phenoxy) is 1. The maximum Gasteiger partial charge on any atom is 0.407 e. The summed E-state index contributed by atoms with van der Waals surface area (Å²) in [6, 6.07) is 0. The fraction of sp³-hybridized carbons (Fsp3) is 0.300. The van der Waals surface area contributed by atoms with E-state index in [1.807, 2.05) is 19.1 Å². The van der Waals surface area contributed by atoms with Crippen molar-refractivity contribution in [1.29, 1.82) is 0 Å². The fourth-order valence-electron chi connectivity index (χ4n) is 0.738. The van der Waals surface area contributed by atoms with E-state index in [-0.39, 0.29) is 6.61 Å².